The number of benzene rings is 2. The molecular weight excluding hydrogens is 402 g/mol. The Hall–Kier alpha value is -4.24. The van der Waals surface area contributed by atoms with Gasteiger partial charge in [-0.25, -0.2) is 0 Å². The average Bonchev–Trinajstić information content (AvgIpc) is 3.45. The van der Waals surface area contributed by atoms with Crippen LogP contribution in [0.1, 0.15) is 16.9 Å². The summed E-state index contributed by atoms with van der Waals surface area (Å²) in [5, 5.41) is 13.2. The third-order valence-corrected chi connectivity index (χ3v) is 5.17. The lowest BCUT2D eigenvalue weighted by Gasteiger charge is -2.10. The molecule has 0 saturated carbocycles. The van der Waals surface area contributed by atoms with Crippen LogP contribution in [0.2, 0.25) is 0 Å². The summed E-state index contributed by atoms with van der Waals surface area (Å²) in [6.45, 7) is 3.38. The van der Waals surface area contributed by atoms with Gasteiger partial charge in [0.2, 0.25) is 0 Å². The fourth-order valence-corrected chi connectivity index (χ4v) is 3.53. The molecule has 6 nitrogen and oxygen atoms in total. The zero-order valence-corrected chi connectivity index (χ0v) is 17.7. The topological polar surface area (TPSA) is 80.2 Å². The fraction of sp³-hybridized carbons (Fsp3) is 0.154. The van der Waals surface area contributed by atoms with Crippen LogP contribution in [0.25, 0.3) is 17.0 Å². The molecule has 4 aromatic rings. The molecule has 160 valence electrons. The molecule has 1 amide bonds. The highest BCUT2D eigenvalue weighted by Crippen LogP contribution is 2.24. The molecule has 0 aliphatic heterocycles. The number of carbonyl (C=O) groups excluding carboxylic acids is 1. The largest absolute Gasteiger partial charge is 0.491 e. The molecule has 2 heterocycles. The van der Waals surface area contributed by atoms with E-state index in [9.17, 15) is 10.1 Å². The Morgan fingerprint density at radius 3 is 2.75 bits per heavy atom. The number of hydrogen-bond acceptors (Lipinski definition) is 4. The Morgan fingerprint density at radius 1 is 1.16 bits per heavy atom. The molecule has 0 atom stereocenters. The third kappa shape index (κ3) is 4.73. The summed E-state index contributed by atoms with van der Waals surface area (Å²) in [6.07, 6.45) is 5.11. The van der Waals surface area contributed by atoms with Gasteiger partial charge in [0.15, 0.2) is 0 Å². The van der Waals surface area contributed by atoms with Crippen LogP contribution in [0.5, 0.6) is 5.75 Å². The van der Waals surface area contributed by atoms with Crippen molar-refractivity contribution in [2.75, 3.05) is 6.61 Å². The first-order valence-corrected chi connectivity index (χ1v) is 10.3. The number of rotatable bonds is 8. The molecule has 32 heavy (non-hydrogen) atoms. The maximum absolute atomic E-state index is 12.5. The van der Waals surface area contributed by atoms with Gasteiger partial charge < -0.3 is 19.0 Å². The minimum atomic E-state index is -0.441. The zero-order chi connectivity index (χ0) is 22.3. The lowest BCUT2D eigenvalue weighted by atomic mass is 10.1. The van der Waals surface area contributed by atoms with E-state index in [2.05, 4.69) is 9.88 Å². The molecule has 0 bridgehead atoms. The van der Waals surface area contributed by atoms with E-state index in [0.29, 0.717) is 18.9 Å². The number of hydrogen-bond donors (Lipinski definition) is 1. The number of furan rings is 1. The molecule has 2 aromatic carbocycles. The van der Waals surface area contributed by atoms with Gasteiger partial charge in [0, 0.05) is 22.7 Å². The second kappa shape index (κ2) is 9.71. The third-order valence-electron chi connectivity index (χ3n) is 5.17. The molecular formula is C26H23N3O3. The van der Waals surface area contributed by atoms with Crippen molar-refractivity contribution in [1.29, 1.82) is 5.26 Å². The second-order valence-corrected chi connectivity index (χ2v) is 7.34. The van der Waals surface area contributed by atoms with E-state index in [0.717, 1.165) is 27.8 Å². The molecule has 4 rings (SSSR count). The summed E-state index contributed by atoms with van der Waals surface area (Å²) in [5.74, 6) is 1.05. The smallest absolute Gasteiger partial charge is 0.262 e. The number of aryl methyl sites for hydroxylation is 1. The van der Waals surface area contributed by atoms with Gasteiger partial charge in [-0.2, -0.15) is 5.26 Å². The average molecular weight is 425 g/mol. The van der Waals surface area contributed by atoms with Crippen LogP contribution in [0.4, 0.5) is 0 Å². The summed E-state index contributed by atoms with van der Waals surface area (Å²) < 4.78 is 13.2. The van der Waals surface area contributed by atoms with Gasteiger partial charge in [-0.3, -0.25) is 4.79 Å². The SMILES string of the molecule is Cc1ccccc1OCCn1cc(C=C(C#N)C(=O)NCc2ccco2)c2ccccc21. The highest BCUT2D eigenvalue weighted by molar-refractivity contribution is 6.04. The summed E-state index contributed by atoms with van der Waals surface area (Å²) in [5.41, 5.74) is 2.95. The lowest BCUT2D eigenvalue weighted by Crippen LogP contribution is -2.23. The number of carbonyl (C=O) groups is 1. The Kier molecular flexibility index (Phi) is 6.38. The molecule has 0 aliphatic carbocycles. The highest BCUT2D eigenvalue weighted by Gasteiger charge is 2.13. The van der Waals surface area contributed by atoms with E-state index in [1.807, 2.05) is 67.7 Å². The van der Waals surface area contributed by atoms with Crippen molar-refractivity contribution in [3.63, 3.8) is 0 Å². The van der Waals surface area contributed by atoms with Gasteiger partial charge in [0.05, 0.1) is 19.4 Å². The first kappa shape index (κ1) is 21.0. The summed E-state index contributed by atoms with van der Waals surface area (Å²) in [7, 11) is 0. The number of para-hydroxylation sites is 2. The summed E-state index contributed by atoms with van der Waals surface area (Å²) in [6, 6.07) is 21.3. The van der Waals surface area contributed by atoms with E-state index < -0.39 is 5.91 Å². The van der Waals surface area contributed by atoms with Crippen LogP contribution in [0.3, 0.4) is 0 Å². The number of nitrogens with one attached hydrogen (secondary N) is 1. The van der Waals surface area contributed by atoms with Crippen LogP contribution in [0, 0.1) is 18.3 Å². The predicted octanol–water partition coefficient (Wildman–Crippen LogP) is 4.85. The Labute approximate surface area is 186 Å². The normalized spacial score (nSPS) is 11.3. The number of fused-ring (bicyclic) bond motifs is 1. The van der Waals surface area contributed by atoms with Gasteiger partial charge in [0.1, 0.15) is 29.8 Å². The number of aromatic nitrogens is 1. The van der Waals surface area contributed by atoms with Gasteiger partial charge in [-0.15, -0.1) is 0 Å². The summed E-state index contributed by atoms with van der Waals surface area (Å²) in [4.78, 5) is 12.5. The molecule has 0 spiro atoms. The monoisotopic (exact) mass is 425 g/mol. The Balaban J connectivity index is 1.52. The molecule has 0 aliphatic rings. The fourth-order valence-electron chi connectivity index (χ4n) is 3.53. The van der Waals surface area contributed by atoms with E-state index in [4.69, 9.17) is 9.15 Å². The van der Waals surface area contributed by atoms with Crippen LogP contribution in [-0.2, 0) is 17.9 Å². The second-order valence-electron chi connectivity index (χ2n) is 7.34. The zero-order valence-electron chi connectivity index (χ0n) is 17.7. The predicted molar refractivity (Wildman–Crippen MR) is 123 cm³/mol. The summed E-state index contributed by atoms with van der Waals surface area (Å²) >= 11 is 0. The highest BCUT2D eigenvalue weighted by atomic mass is 16.5. The van der Waals surface area contributed by atoms with Crippen molar-refractivity contribution >= 4 is 22.9 Å². The van der Waals surface area contributed by atoms with E-state index in [-0.39, 0.29) is 12.1 Å². The van der Waals surface area contributed by atoms with Gasteiger partial charge in [-0.1, -0.05) is 36.4 Å². The van der Waals surface area contributed by atoms with Gasteiger partial charge in [-0.05, 0) is 42.8 Å². The quantitative estimate of drug-likeness (QED) is 0.323. The van der Waals surface area contributed by atoms with Crippen molar-refractivity contribution in [2.45, 2.75) is 20.0 Å². The first-order chi connectivity index (χ1) is 15.7. The number of ether oxygens (including phenoxy) is 1. The van der Waals surface area contributed by atoms with E-state index in [1.54, 1.807) is 24.5 Å². The van der Waals surface area contributed by atoms with E-state index in [1.165, 1.54) is 0 Å². The molecule has 0 unspecified atom stereocenters. The molecule has 6 heteroatoms. The van der Waals surface area contributed by atoms with Crippen molar-refractivity contribution in [1.82, 2.24) is 9.88 Å². The number of nitriles is 1. The van der Waals surface area contributed by atoms with Crippen LogP contribution >= 0.6 is 0 Å². The Bertz CT molecular complexity index is 1290. The number of amides is 1. The van der Waals surface area contributed by atoms with Crippen molar-refractivity contribution in [3.8, 4) is 11.8 Å². The van der Waals surface area contributed by atoms with Crippen molar-refractivity contribution in [3.05, 3.63) is 95.6 Å². The molecule has 2 aromatic heterocycles. The van der Waals surface area contributed by atoms with Gasteiger partial charge in [0.25, 0.3) is 5.91 Å². The van der Waals surface area contributed by atoms with Gasteiger partial charge >= 0.3 is 0 Å². The van der Waals surface area contributed by atoms with E-state index >= 15 is 0 Å². The maximum atomic E-state index is 12.5. The minimum Gasteiger partial charge on any atom is -0.491 e. The first-order valence-electron chi connectivity index (χ1n) is 10.3. The van der Waals surface area contributed by atoms with Crippen LogP contribution in [0.15, 0.2) is 83.1 Å². The Morgan fingerprint density at radius 2 is 1.97 bits per heavy atom. The molecule has 0 fully saturated rings. The van der Waals surface area contributed by atoms with Crippen molar-refractivity contribution < 1.29 is 13.9 Å². The van der Waals surface area contributed by atoms with Crippen molar-refractivity contribution in [2.24, 2.45) is 0 Å². The minimum absolute atomic E-state index is 0.0376. The van der Waals surface area contributed by atoms with Crippen LogP contribution in [-0.4, -0.2) is 17.1 Å². The standard InChI is InChI=1S/C26H23N3O3/c1-19-7-2-5-11-25(19)32-14-12-29-18-21(23-9-3-4-10-24(23)29)15-20(16-27)26(30)28-17-22-8-6-13-31-22/h2-11,13,15,18H,12,14,17H2,1H3,(H,28,30). The maximum Gasteiger partial charge on any atom is 0.262 e. The van der Waals surface area contributed by atoms with Crippen LogP contribution < -0.4 is 10.1 Å². The number of nitrogens with zero attached hydrogens (tertiary/aromatic N) is 2. The molecule has 0 saturated heterocycles. The lowest BCUT2D eigenvalue weighted by molar-refractivity contribution is -0.117. The molecule has 0 radical (unpaired) electrons. The molecule has 1 N–H and O–H groups in total.